The van der Waals surface area contributed by atoms with Crippen molar-refractivity contribution in [1.82, 2.24) is 19.1 Å². The van der Waals surface area contributed by atoms with Crippen molar-refractivity contribution in [2.24, 2.45) is 5.92 Å². The molecule has 0 aliphatic heterocycles. The number of nitrogens with zero attached hydrogens (tertiary/aromatic N) is 5. The van der Waals surface area contributed by atoms with Crippen LogP contribution in [0.4, 0.5) is 0 Å². The van der Waals surface area contributed by atoms with E-state index in [0.717, 1.165) is 90.8 Å². The summed E-state index contributed by atoms with van der Waals surface area (Å²) in [5.74, 6) is 1.83. The molecule has 19 rings (SSSR count). The number of hydrogen-bond acceptors (Lipinski definition) is 3. The summed E-state index contributed by atoms with van der Waals surface area (Å²) in [5.41, 5.74) is 22.1. The molecule has 2 heterocycles. The smallest absolute Gasteiger partial charge is 0.145 e. The van der Waals surface area contributed by atoms with E-state index in [0.29, 0.717) is 5.56 Å². The molecule has 0 saturated carbocycles. The van der Waals surface area contributed by atoms with Crippen molar-refractivity contribution >= 4 is 86.8 Å². The lowest BCUT2D eigenvalue weighted by Gasteiger charge is -2.23. The molecule has 1 aliphatic rings. The van der Waals surface area contributed by atoms with E-state index in [1.807, 2.05) is 18.2 Å². The number of rotatable bonds is 11. The summed E-state index contributed by atoms with van der Waals surface area (Å²) < 4.78 is 4.68. The topological polar surface area (TPSA) is 59.4 Å². The second-order valence-corrected chi connectivity index (χ2v) is 26.7. The van der Waals surface area contributed by atoms with Gasteiger partial charge >= 0.3 is 0 Å². The molecule has 5 heteroatoms. The zero-order valence-electron chi connectivity index (χ0n) is 55.4. The molecule has 0 amide bonds. The molecule has 1 unspecified atom stereocenters. The normalized spacial score (nSPS) is 13.2. The Hall–Kier alpha value is -13.3. The van der Waals surface area contributed by atoms with Gasteiger partial charge in [-0.15, -0.1) is 0 Å². The molecule has 2 aromatic heterocycles. The van der Waals surface area contributed by atoms with Crippen LogP contribution in [0.3, 0.4) is 0 Å². The van der Waals surface area contributed by atoms with Gasteiger partial charge in [0.2, 0.25) is 0 Å². The van der Waals surface area contributed by atoms with Gasteiger partial charge < -0.3 is 0 Å². The third kappa shape index (κ3) is 10.1. The van der Waals surface area contributed by atoms with Gasteiger partial charge in [0.25, 0.3) is 0 Å². The van der Waals surface area contributed by atoms with Gasteiger partial charge in [-0.1, -0.05) is 286 Å². The Kier molecular flexibility index (Phi) is 14.2. The molecule has 0 bridgehead atoms. The fourth-order valence-corrected chi connectivity index (χ4v) is 16.1. The summed E-state index contributed by atoms with van der Waals surface area (Å²) in [6.07, 6.45) is 5.68. The van der Waals surface area contributed by atoms with Crippen LogP contribution in [0.2, 0.25) is 0 Å². The first-order chi connectivity index (χ1) is 49.9. The highest BCUT2D eigenvalue weighted by Gasteiger charge is 2.28. The predicted molar refractivity (Wildman–Crippen MR) is 422 cm³/mol. The average Bonchev–Trinajstić information content (AvgIpc) is 1.75. The molecule has 101 heavy (non-hydrogen) atoms. The lowest BCUT2D eigenvalue weighted by atomic mass is 9.85. The van der Waals surface area contributed by atoms with Gasteiger partial charge in [0, 0.05) is 28.1 Å². The lowest BCUT2D eigenvalue weighted by molar-refractivity contribution is 0.751. The van der Waals surface area contributed by atoms with Crippen molar-refractivity contribution in [2.75, 3.05) is 0 Å². The van der Waals surface area contributed by atoms with Crippen LogP contribution in [-0.2, 0) is 0 Å². The van der Waals surface area contributed by atoms with Gasteiger partial charge in [0.1, 0.15) is 11.6 Å². The summed E-state index contributed by atoms with van der Waals surface area (Å²) in [4.78, 5) is 11.2. The number of imidazole rings is 2. The Morgan fingerprint density at radius 1 is 0.337 bits per heavy atom. The van der Waals surface area contributed by atoms with Gasteiger partial charge in [-0.25, -0.2) is 9.97 Å². The van der Waals surface area contributed by atoms with E-state index in [1.165, 1.54) is 104 Å². The highest BCUT2D eigenvalue weighted by Crippen LogP contribution is 2.49. The van der Waals surface area contributed by atoms with Gasteiger partial charge in [-0.2, -0.15) is 5.26 Å². The Labute approximate surface area is 585 Å². The molecule has 0 spiro atoms. The third-order valence-electron chi connectivity index (χ3n) is 20.6. The summed E-state index contributed by atoms with van der Waals surface area (Å²) in [5, 5.41) is 24.8. The van der Waals surface area contributed by atoms with Crippen LogP contribution in [0.15, 0.2) is 346 Å². The van der Waals surface area contributed by atoms with E-state index in [1.54, 1.807) is 0 Å². The molecule has 1 atom stereocenters. The molecule has 18 aromatic rings. The molecule has 5 nitrogen and oxygen atoms in total. The molecule has 0 fully saturated rings. The maximum Gasteiger partial charge on any atom is 0.145 e. The van der Waals surface area contributed by atoms with Crippen LogP contribution in [0.25, 0.3) is 177 Å². The highest BCUT2D eigenvalue weighted by molar-refractivity contribution is 6.23. The number of allylic oxidation sites excluding steroid dienone is 4. The van der Waals surface area contributed by atoms with Gasteiger partial charge in [-0.05, 0) is 205 Å². The molecule has 0 saturated heterocycles. The SMILES string of the molecule is CC1C=C(c2c(-c3ccccc3)nc(-c3ccccc3)n2-c2ccc(-c3c4ccccc4c(-c4ccc5ccccc5c4)c4ccccc34)cc2)C=C(c2cccc(-n3c(-c4cccc(-c5c6ccccc6c(-c6ccc7ccccc7c6)c6ccccc56)c4)nc4cc(C#N)ccc43)c2)C1. The zero-order valence-corrected chi connectivity index (χ0v) is 55.4. The van der Waals surface area contributed by atoms with Crippen LogP contribution in [0.1, 0.15) is 30.2 Å². The molecule has 1 aliphatic carbocycles. The first-order valence-electron chi connectivity index (χ1n) is 34.7. The Morgan fingerprint density at radius 3 is 1.34 bits per heavy atom. The fourth-order valence-electron chi connectivity index (χ4n) is 16.1. The van der Waals surface area contributed by atoms with Crippen LogP contribution >= 0.6 is 0 Å². The lowest BCUT2D eigenvalue weighted by Crippen LogP contribution is -2.07. The number of nitriles is 1. The van der Waals surface area contributed by atoms with E-state index in [-0.39, 0.29) is 5.92 Å². The maximum atomic E-state index is 10.3. The van der Waals surface area contributed by atoms with Crippen molar-refractivity contribution in [1.29, 1.82) is 5.26 Å². The molecule has 0 radical (unpaired) electrons. The summed E-state index contributed by atoms with van der Waals surface area (Å²) in [7, 11) is 0. The standard InChI is InChI=1S/C96H63N5/c1-61-52-75(70-30-21-33-78(59-70)100-88-51-42-62(60-97)54-87(88)98-96(100)74-32-20-31-71(57-74)90-83-38-16-18-40-85(83)92(86-41-19-17-39-84(86)90)73-46-44-64-23-9-11-29-69(64)56-73)58-76(53-61)94-93(66-24-4-2-5-25-66)99-95(67-26-6-3-7-27-67)101(94)77-49-47-65(48-50-77)89-79-34-12-14-36-81(79)91(82-37-15-13-35-80(82)89)72-45-43-63-22-8-10-28-68(63)55-72/h2-51,53-59,61H,52H2,1H3. The molecule has 16 aromatic carbocycles. The molecular weight excluding hydrogens is 1220 g/mol. The summed E-state index contributed by atoms with van der Waals surface area (Å²) in [6.45, 7) is 2.33. The minimum atomic E-state index is 0.174. The minimum absolute atomic E-state index is 0.174. The Bertz CT molecular complexity index is 6380. The first kappa shape index (κ1) is 59.0. The summed E-state index contributed by atoms with van der Waals surface area (Å²) in [6, 6.07) is 123. The number of fused-ring (bicyclic) bond motifs is 7. The van der Waals surface area contributed by atoms with Crippen molar-refractivity contribution in [3.63, 3.8) is 0 Å². The van der Waals surface area contributed by atoms with E-state index in [9.17, 15) is 5.26 Å². The van der Waals surface area contributed by atoms with E-state index in [4.69, 9.17) is 9.97 Å². The van der Waals surface area contributed by atoms with Gasteiger partial charge in [0.05, 0.1) is 34.1 Å². The quantitative estimate of drug-likeness (QED) is 0.121. The van der Waals surface area contributed by atoms with Crippen molar-refractivity contribution in [3.05, 3.63) is 363 Å². The second-order valence-electron chi connectivity index (χ2n) is 26.7. The van der Waals surface area contributed by atoms with E-state index < -0.39 is 0 Å². The molecule has 472 valence electrons. The Morgan fingerprint density at radius 2 is 0.782 bits per heavy atom. The second kappa shape index (κ2) is 24.4. The van der Waals surface area contributed by atoms with Crippen molar-refractivity contribution in [3.8, 4) is 96.0 Å². The van der Waals surface area contributed by atoms with Crippen molar-refractivity contribution in [2.45, 2.75) is 13.3 Å². The van der Waals surface area contributed by atoms with E-state index >= 15 is 0 Å². The number of aromatic nitrogens is 4. The first-order valence-corrected chi connectivity index (χ1v) is 34.7. The largest absolute Gasteiger partial charge is 0.292 e. The van der Waals surface area contributed by atoms with Gasteiger partial charge in [-0.3, -0.25) is 9.13 Å². The van der Waals surface area contributed by atoms with Crippen LogP contribution in [0.5, 0.6) is 0 Å². The summed E-state index contributed by atoms with van der Waals surface area (Å²) >= 11 is 0. The van der Waals surface area contributed by atoms with Crippen molar-refractivity contribution < 1.29 is 0 Å². The zero-order chi connectivity index (χ0) is 67.1. The average molecular weight is 1290 g/mol. The van der Waals surface area contributed by atoms with Crippen LogP contribution in [0, 0.1) is 17.2 Å². The fraction of sp³-hybridized carbons (Fsp3) is 0.0312. The number of benzene rings is 16. The number of hydrogen-bond donors (Lipinski definition) is 0. The highest BCUT2D eigenvalue weighted by atomic mass is 15.1. The predicted octanol–water partition coefficient (Wildman–Crippen LogP) is 25.2. The Balaban J connectivity index is 0.743. The van der Waals surface area contributed by atoms with Crippen LogP contribution in [-0.4, -0.2) is 19.1 Å². The van der Waals surface area contributed by atoms with Crippen LogP contribution < -0.4 is 0 Å². The minimum Gasteiger partial charge on any atom is -0.292 e. The molecule has 0 N–H and O–H groups in total. The molecular formula is C96H63N5. The van der Waals surface area contributed by atoms with Gasteiger partial charge in [0.15, 0.2) is 0 Å². The maximum absolute atomic E-state index is 10.3. The monoisotopic (exact) mass is 1290 g/mol. The van der Waals surface area contributed by atoms with E-state index in [2.05, 4.69) is 350 Å². The third-order valence-corrected chi connectivity index (χ3v) is 20.6.